The molecule has 0 aromatic carbocycles. The molecule has 0 aromatic rings. The molecule has 0 aliphatic heterocycles. The van der Waals surface area contributed by atoms with Gasteiger partial charge in [0, 0.05) is 0 Å². The molecular formula is C9H12O. The Morgan fingerprint density at radius 1 is 1.30 bits per heavy atom. The Kier molecular flexibility index (Phi) is 0.434. The fourth-order valence-electron chi connectivity index (χ4n) is 4.61. The van der Waals surface area contributed by atoms with Gasteiger partial charge in [-0.25, -0.2) is 0 Å². The minimum Gasteiger partial charge on any atom is -0.390 e. The molecular weight excluding hydrogens is 124 g/mol. The maximum absolute atomic E-state index is 9.84. The normalized spacial score (nSPS) is 80.7. The molecule has 0 heterocycles. The van der Waals surface area contributed by atoms with E-state index in [1.54, 1.807) is 0 Å². The third kappa shape index (κ3) is 0.241. The van der Waals surface area contributed by atoms with E-state index < -0.39 is 0 Å². The zero-order valence-electron chi connectivity index (χ0n) is 6.01. The Morgan fingerprint density at radius 2 is 2.20 bits per heavy atom. The zero-order chi connectivity index (χ0) is 6.56. The molecule has 1 spiro atoms. The zero-order valence-corrected chi connectivity index (χ0v) is 6.01. The van der Waals surface area contributed by atoms with Crippen molar-refractivity contribution in [2.75, 3.05) is 0 Å². The second-order valence-corrected chi connectivity index (χ2v) is 5.09. The molecule has 0 amide bonds. The van der Waals surface area contributed by atoms with Crippen molar-refractivity contribution >= 4 is 0 Å². The summed E-state index contributed by atoms with van der Waals surface area (Å²) in [5, 5.41) is 9.84. The van der Waals surface area contributed by atoms with Gasteiger partial charge in [-0.1, -0.05) is 0 Å². The first-order valence-corrected chi connectivity index (χ1v) is 4.47. The first-order valence-electron chi connectivity index (χ1n) is 4.47. The molecule has 4 rings (SSSR count). The fourth-order valence-corrected chi connectivity index (χ4v) is 4.61. The van der Waals surface area contributed by atoms with Crippen molar-refractivity contribution in [2.45, 2.75) is 31.3 Å². The van der Waals surface area contributed by atoms with Gasteiger partial charge >= 0.3 is 0 Å². The number of rotatable bonds is 0. The van der Waals surface area contributed by atoms with Crippen LogP contribution in [0.1, 0.15) is 25.7 Å². The van der Waals surface area contributed by atoms with E-state index in [-0.39, 0.29) is 5.60 Å². The van der Waals surface area contributed by atoms with Crippen LogP contribution in [0.2, 0.25) is 0 Å². The van der Waals surface area contributed by atoms with E-state index in [4.69, 9.17) is 0 Å². The van der Waals surface area contributed by atoms with E-state index in [1.165, 1.54) is 19.3 Å². The Morgan fingerprint density at radius 3 is 2.80 bits per heavy atom. The highest BCUT2D eigenvalue weighted by Crippen LogP contribution is 2.86. The van der Waals surface area contributed by atoms with E-state index in [2.05, 4.69) is 0 Å². The van der Waals surface area contributed by atoms with Gasteiger partial charge in [0.15, 0.2) is 0 Å². The van der Waals surface area contributed by atoms with Gasteiger partial charge in [-0.2, -0.15) is 0 Å². The fraction of sp³-hybridized carbons (Fsp3) is 1.00. The lowest BCUT2D eigenvalue weighted by Gasteiger charge is -2.63. The Labute approximate surface area is 60.4 Å². The van der Waals surface area contributed by atoms with Gasteiger partial charge in [0.1, 0.15) is 0 Å². The highest BCUT2D eigenvalue weighted by atomic mass is 16.3. The van der Waals surface area contributed by atoms with Crippen molar-refractivity contribution in [3.8, 4) is 0 Å². The molecule has 1 N–H and O–H groups in total. The molecule has 0 radical (unpaired) electrons. The average molecular weight is 136 g/mol. The van der Waals surface area contributed by atoms with Crippen LogP contribution in [0.3, 0.4) is 0 Å². The molecule has 54 valence electrons. The largest absolute Gasteiger partial charge is 0.390 e. The maximum atomic E-state index is 9.84. The van der Waals surface area contributed by atoms with Crippen molar-refractivity contribution in [2.24, 2.45) is 23.2 Å². The lowest BCUT2D eigenvalue weighted by atomic mass is 9.45. The molecule has 4 saturated carbocycles. The highest BCUT2D eigenvalue weighted by Gasteiger charge is 2.84. The van der Waals surface area contributed by atoms with Crippen molar-refractivity contribution < 1.29 is 5.11 Å². The molecule has 1 heteroatoms. The van der Waals surface area contributed by atoms with Crippen LogP contribution in [0.25, 0.3) is 0 Å². The number of aliphatic hydroxyl groups is 1. The molecule has 4 aliphatic carbocycles. The van der Waals surface area contributed by atoms with E-state index in [0.29, 0.717) is 0 Å². The molecule has 0 aromatic heterocycles. The second-order valence-electron chi connectivity index (χ2n) is 5.09. The molecule has 4 aliphatic rings. The molecule has 5 unspecified atom stereocenters. The Bertz CT molecular complexity index is 235. The Hall–Kier alpha value is -0.0400. The van der Waals surface area contributed by atoms with Crippen LogP contribution in [0.15, 0.2) is 0 Å². The van der Waals surface area contributed by atoms with Crippen LogP contribution in [0, 0.1) is 23.2 Å². The summed E-state index contributed by atoms with van der Waals surface area (Å²) in [5.74, 6) is 2.80. The third-order valence-electron chi connectivity index (χ3n) is 4.79. The average Bonchev–Trinajstić information content (AvgIpc) is 2.37. The van der Waals surface area contributed by atoms with Crippen LogP contribution < -0.4 is 0 Å². The number of hydrogen-bond acceptors (Lipinski definition) is 1. The summed E-state index contributed by atoms with van der Waals surface area (Å²) in [6, 6.07) is 0. The highest BCUT2D eigenvalue weighted by molar-refractivity contribution is 5.33. The lowest BCUT2D eigenvalue weighted by Crippen LogP contribution is -2.65. The lowest BCUT2D eigenvalue weighted by molar-refractivity contribution is -0.239. The summed E-state index contributed by atoms with van der Waals surface area (Å²) in [5.41, 5.74) is 0.605. The van der Waals surface area contributed by atoms with Crippen molar-refractivity contribution in [3.05, 3.63) is 0 Å². The quantitative estimate of drug-likeness (QED) is 0.530. The van der Waals surface area contributed by atoms with Gasteiger partial charge in [0.2, 0.25) is 0 Å². The monoisotopic (exact) mass is 136 g/mol. The van der Waals surface area contributed by atoms with Gasteiger partial charge in [-0.3, -0.25) is 0 Å². The summed E-state index contributed by atoms with van der Waals surface area (Å²) < 4.78 is 0. The minimum absolute atomic E-state index is 0.129. The van der Waals surface area contributed by atoms with Gasteiger partial charge in [0.25, 0.3) is 0 Å². The van der Waals surface area contributed by atoms with Crippen LogP contribution in [0.5, 0.6) is 0 Å². The van der Waals surface area contributed by atoms with E-state index in [9.17, 15) is 5.11 Å². The van der Waals surface area contributed by atoms with E-state index in [1.807, 2.05) is 0 Å². The smallest absolute Gasteiger partial charge is 0.0692 e. The molecule has 4 fully saturated rings. The van der Waals surface area contributed by atoms with Crippen molar-refractivity contribution in [1.29, 1.82) is 0 Å². The van der Waals surface area contributed by atoms with Crippen LogP contribution in [-0.4, -0.2) is 10.7 Å². The third-order valence-corrected chi connectivity index (χ3v) is 4.79. The van der Waals surface area contributed by atoms with Gasteiger partial charge < -0.3 is 5.11 Å². The summed E-state index contributed by atoms with van der Waals surface area (Å²) >= 11 is 0. The van der Waals surface area contributed by atoms with Gasteiger partial charge in [0.05, 0.1) is 5.60 Å². The summed E-state index contributed by atoms with van der Waals surface area (Å²) in [6.45, 7) is 0. The van der Waals surface area contributed by atoms with Gasteiger partial charge in [-0.15, -0.1) is 0 Å². The molecule has 0 bridgehead atoms. The molecule has 10 heavy (non-hydrogen) atoms. The summed E-state index contributed by atoms with van der Waals surface area (Å²) in [7, 11) is 0. The van der Waals surface area contributed by atoms with Crippen molar-refractivity contribution in [1.82, 2.24) is 0 Å². The van der Waals surface area contributed by atoms with E-state index >= 15 is 0 Å². The van der Waals surface area contributed by atoms with Crippen LogP contribution >= 0.6 is 0 Å². The molecule has 0 saturated heterocycles. The maximum Gasteiger partial charge on any atom is 0.0692 e. The second kappa shape index (κ2) is 0.911. The first kappa shape index (κ1) is 4.76. The Balaban J connectivity index is 1.88. The van der Waals surface area contributed by atoms with Crippen LogP contribution in [0.4, 0.5) is 0 Å². The summed E-state index contributed by atoms with van der Waals surface area (Å²) in [4.78, 5) is 0. The van der Waals surface area contributed by atoms with E-state index in [0.717, 1.165) is 29.6 Å². The SMILES string of the molecule is OC12CC3CC4CC4(C1)C32. The standard InChI is InChI=1S/C9H12O/c10-9-2-5-1-6-3-8(6,4-9)7(5)9/h5-7,10H,1-4H2. The van der Waals surface area contributed by atoms with Gasteiger partial charge in [-0.05, 0) is 48.9 Å². The number of hydrogen-bond donors (Lipinski definition) is 1. The van der Waals surface area contributed by atoms with Crippen LogP contribution in [-0.2, 0) is 0 Å². The molecule has 5 atom stereocenters. The topological polar surface area (TPSA) is 20.2 Å². The summed E-state index contributed by atoms with van der Waals surface area (Å²) in [6.07, 6.45) is 5.26. The van der Waals surface area contributed by atoms with Crippen molar-refractivity contribution in [3.63, 3.8) is 0 Å². The predicted octanol–water partition coefficient (Wildman–Crippen LogP) is 1.17. The molecule has 1 nitrogen and oxygen atoms in total. The predicted molar refractivity (Wildman–Crippen MR) is 36.3 cm³/mol. The minimum atomic E-state index is -0.129. The first-order chi connectivity index (χ1) is 4.75.